The second-order valence-corrected chi connectivity index (χ2v) is 7.85. The molecule has 0 aliphatic carbocycles. The third-order valence-electron chi connectivity index (χ3n) is 4.34. The maximum absolute atomic E-state index is 14.3. The van der Waals surface area contributed by atoms with Gasteiger partial charge in [0.2, 0.25) is 15.9 Å². The van der Waals surface area contributed by atoms with E-state index in [-0.39, 0.29) is 23.5 Å². The molecule has 0 saturated carbocycles. The summed E-state index contributed by atoms with van der Waals surface area (Å²) < 4.78 is 46.8. The summed E-state index contributed by atoms with van der Waals surface area (Å²) in [5.41, 5.74) is 0.677. The number of piperazine rings is 1. The first-order valence-corrected chi connectivity index (χ1v) is 9.49. The van der Waals surface area contributed by atoms with Gasteiger partial charge in [-0.2, -0.15) is 4.31 Å². The number of halogens is 1. The van der Waals surface area contributed by atoms with E-state index in [0.717, 1.165) is 4.31 Å². The van der Waals surface area contributed by atoms with Crippen molar-refractivity contribution in [1.82, 2.24) is 9.62 Å². The highest BCUT2D eigenvalue weighted by Gasteiger charge is 2.40. The summed E-state index contributed by atoms with van der Waals surface area (Å²) >= 11 is 0. The van der Waals surface area contributed by atoms with Crippen molar-refractivity contribution in [2.45, 2.75) is 17.9 Å². The van der Waals surface area contributed by atoms with Crippen LogP contribution in [0.1, 0.15) is 17.2 Å². The molecule has 0 spiro atoms. The first-order chi connectivity index (χ1) is 12.4. The van der Waals surface area contributed by atoms with E-state index in [2.05, 4.69) is 5.32 Å². The minimum absolute atomic E-state index is 0.0264. The normalized spacial score (nSPS) is 18.4. The molecular weight excluding hydrogens is 359 g/mol. The van der Waals surface area contributed by atoms with E-state index < -0.39 is 27.8 Å². The summed E-state index contributed by atoms with van der Waals surface area (Å²) in [5, 5.41) is 2.61. The van der Waals surface area contributed by atoms with Gasteiger partial charge in [0.15, 0.2) is 0 Å². The summed E-state index contributed by atoms with van der Waals surface area (Å²) in [6, 6.07) is 8.91. The molecule has 0 aromatic heterocycles. The molecule has 138 valence electrons. The minimum atomic E-state index is -4.01. The molecule has 0 radical (unpaired) electrons. The van der Waals surface area contributed by atoms with Gasteiger partial charge in [-0.3, -0.25) is 4.79 Å². The topological polar surface area (TPSA) is 75.7 Å². The van der Waals surface area contributed by atoms with E-state index >= 15 is 0 Å². The van der Waals surface area contributed by atoms with Crippen LogP contribution in [0.4, 0.5) is 4.39 Å². The fourth-order valence-corrected chi connectivity index (χ4v) is 4.70. The number of hydrogen-bond acceptors (Lipinski definition) is 4. The van der Waals surface area contributed by atoms with Crippen molar-refractivity contribution in [2.75, 3.05) is 20.2 Å². The molecule has 1 amide bonds. The third-order valence-corrected chi connectivity index (χ3v) is 6.20. The van der Waals surface area contributed by atoms with Crippen molar-refractivity contribution in [2.24, 2.45) is 0 Å². The summed E-state index contributed by atoms with van der Waals surface area (Å²) in [6.07, 6.45) is 0. The Morgan fingerprint density at radius 3 is 2.62 bits per heavy atom. The van der Waals surface area contributed by atoms with Crippen molar-refractivity contribution in [3.8, 4) is 5.75 Å². The Labute approximate surface area is 151 Å². The Balaban J connectivity index is 2.08. The average molecular weight is 378 g/mol. The van der Waals surface area contributed by atoms with Crippen molar-refractivity contribution >= 4 is 15.9 Å². The molecule has 1 saturated heterocycles. The van der Waals surface area contributed by atoms with Crippen LogP contribution in [-0.2, 0) is 14.8 Å². The van der Waals surface area contributed by atoms with E-state index in [0.29, 0.717) is 11.3 Å². The number of benzene rings is 2. The van der Waals surface area contributed by atoms with Crippen LogP contribution < -0.4 is 10.1 Å². The molecule has 2 aromatic carbocycles. The molecule has 1 aliphatic rings. The van der Waals surface area contributed by atoms with Gasteiger partial charge >= 0.3 is 0 Å². The Hall–Kier alpha value is -2.45. The van der Waals surface area contributed by atoms with Gasteiger partial charge < -0.3 is 10.1 Å². The molecule has 1 atom stereocenters. The second-order valence-electron chi connectivity index (χ2n) is 5.96. The highest BCUT2D eigenvalue weighted by atomic mass is 32.2. The predicted octanol–water partition coefficient (Wildman–Crippen LogP) is 2.00. The van der Waals surface area contributed by atoms with Crippen molar-refractivity contribution in [3.63, 3.8) is 0 Å². The van der Waals surface area contributed by atoms with Gasteiger partial charge in [-0.15, -0.1) is 0 Å². The largest absolute Gasteiger partial charge is 0.496 e. The van der Waals surface area contributed by atoms with Gasteiger partial charge in [-0.05, 0) is 36.8 Å². The predicted molar refractivity (Wildman–Crippen MR) is 93.8 cm³/mol. The molecule has 1 unspecified atom stereocenters. The quantitative estimate of drug-likeness (QED) is 0.883. The number of rotatable bonds is 4. The smallest absolute Gasteiger partial charge is 0.244 e. The first-order valence-electron chi connectivity index (χ1n) is 8.05. The van der Waals surface area contributed by atoms with Crippen LogP contribution in [0.5, 0.6) is 5.75 Å². The van der Waals surface area contributed by atoms with Crippen LogP contribution in [0.2, 0.25) is 0 Å². The number of methoxy groups -OCH3 is 1. The van der Waals surface area contributed by atoms with Crippen LogP contribution >= 0.6 is 0 Å². The third kappa shape index (κ3) is 3.17. The Kier molecular flexibility index (Phi) is 4.97. The number of carbonyl (C=O) groups excluding carboxylic acids is 1. The number of sulfonamides is 1. The molecule has 6 nitrogen and oxygen atoms in total. The first kappa shape index (κ1) is 18.3. The molecule has 26 heavy (non-hydrogen) atoms. The number of carbonyl (C=O) groups is 1. The fourth-order valence-electron chi connectivity index (χ4n) is 3.04. The zero-order chi connectivity index (χ0) is 18.9. The number of nitrogens with zero attached hydrogens (tertiary/aromatic N) is 1. The van der Waals surface area contributed by atoms with Crippen molar-refractivity contribution in [1.29, 1.82) is 0 Å². The molecule has 1 N–H and O–H groups in total. The van der Waals surface area contributed by atoms with Gasteiger partial charge in [0.1, 0.15) is 17.6 Å². The lowest BCUT2D eigenvalue weighted by Crippen LogP contribution is -2.52. The summed E-state index contributed by atoms with van der Waals surface area (Å²) in [7, 11) is -2.51. The average Bonchev–Trinajstić information content (AvgIpc) is 2.62. The van der Waals surface area contributed by atoms with Crippen molar-refractivity contribution in [3.05, 3.63) is 59.4 Å². The lowest BCUT2D eigenvalue weighted by Gasteiger charge is -2.34. The van der Waals surface area contributed by atoms with Gasteiger partial charge in [0.25, 0.3) is 0 Å². The van der Waals surface area contributed by atoms with Crippen LogP contribution in [0.25, 0.3) is 0 Å². The van der Waals surface area contributed by atoms with E-state index in [9.17, 15) is 17.6 Å². The lowest BCUT2D eigenvalue weighted by molar-refractivity contribution is -0.127. The summed E-state index contributed by atoms with van der Waals surface area (Å²) in [6.45, 7) is 1.95. The Morgan fingerprint density at radius 1 is 1.23 bits per heavy atom. The number of hydrogen-bond donors (Lipinski definition) is 1. The van der Waals surface area contributed by atoms with Crippen molar-refractivity contribution < 1.29 is 22.3 Å². The fraction of sp³-hybridized carbons (Fsp3) is 0.278. The van der Waals surface area contributed by atoms with Gasteiger partial charge in [-0.25, -0.2) is 12.8 Å². The molecule has 2 aromatic rings. The summed E-state index contributed by atoms with van der Waals surface area (Å²) in [5.74, 6) is -0.609. The number of nitrogens with one attached hydrogen (secondary N) is 1. The summed E-state index contributed by atoms with van der Waals surface area (Å²) in [4.78, 5) is 12.4. The number of ether oxygens (including phenoxy) is 1. The van der Waals surface area contributed by atoms with Crippen LogP contribution in [0.3, 0.4) is 0 Å². The minimum Gasteiger partial charge on any atom is -0.496 e. The Morgan fingerprint density at radius 2 is 1.96 bits per heavy atom. The van der Waals surface area contributed by atoms with Crippen LogP contribution in [-0.4, -0.2) is 38.8 Å². The highest BCUT2D eigenvalue weighted by molar-refractivity contribution is 7.89. The van der Waals surface area contributed by atoms with E-state index in [1.807, 2.05) is 0 Å². The maximum atomic E-state index is 14.3. The molecule has 0 bridgehead atoms. The Bertz CT molecular complexity index is 946. The lowest BCUT2D eigenvalue weighted by atomic mass is 10.0. The van der Waals surface area contributed by atoms with Crippen LogP contribution in [0, 0.1) is 12.7 Å². The van der Waals surface area contributed by atoms with Gasteiger partial charge in [-0.1, -0.05) is 18.2 Å². The van der Waals surface area contributed by atoms with Gasteiger partial charge in [0, 0.05) is 18.7 Å². The molecular formula is C18H19FN2O4S. The molecule has 3 rings (SSSR count). The van der Waals surface area contributed by atoms with Gasteiger partial charge in [0.05, 0.1) is 12.0 Å². The highest BCUT2D eigenvalue weighted by Crippen LogP contribution is 2.32. The van der Waals surface area contributed by atoms with E-state index in [4.69, 9.17) is 4.74 Å². The van der Waals surface area contributed by atoms with E-state index in [1.165, 1.54) is 37.4 Å². The molecule has 1 heterocycles. The zero-order valence-corrected chi connectivity index (χ0v) is 15.2. The standard InChI is InChI=1S/C18H19FN2O4S/c1-12-11-13(7-8-16(12)25-2)26(23,24)21-10-9-20-18(22)17(21)14-5-3-4-6-15(14)19/h3-8,11,17H,9-10H2,1-2H3,(H,20,22). The molecule has 1 fully saturated rings. The second kappa shape index (κ2) is 7.05. The molecule has 8 heteroatoms. The number of amides is 1. The van der Waals surface area contributed by atoms with E-state index in [1.54, 1.807) is 19.1 Å². The monoisotopic (exact) mass is 378 g/mol. The SMILES string of the molecule is COc1ccc(S(=O)(=O)N2CCNC(=O)C2c2ccccc2F)cc1C. The zero-order valence-electron chi connectivity index (χ0n) is 14.4. The molecule has 1 aliphatic heterocycles. The van der Waals surface area contributed by atoms with Crippen LogP contribution in [0.15, 0.2) is 47.4 Å². The maximum Gasteiger partial charge on any atom is 0.244 e. The number of aryl methyl sites for hydroxylation is 1.